The van der Waals surface area contributed by atoms with Gasteiger partial charge in [0.1, 0.15) is 12.4 Å². The number of rotatable bonds is 2. The molecule has 0 heterocycles. The van der Waals surface area contributed by atoms with Crippen molar-refractivity contribution in [1.29, 1.82) is 0 Å². The van der Waals surface area contributed by atoms with Gasteiger partial charge in [-0.3, -0.25) is 0 Å². The normalized spacial score (nSPS) is 7.43. The first-order valence-electron chi connectivity index (χ1n) is 1.66. The Bertz CT molecular complexity index is 80.2. The van der Waals surface area contributed by atoms with Crippen molar-refractivity contribution >= 4 is 12.4 Å². The van der Waals surface area contributed by atoms with E-state index in [4.69, 9.17) is 0 Å². The molecule has 0 aliphatic rings. The standard InChI is InChI=1S/C3H5NO3/c5-2-1-4-3(6)7/h2,4H,1H2,(H,6,7)/p-1. The molecule has 0 atom stereocenters. The second-order valence-corrected chi connectivity index (χ2v) is 0.835. The van der Waals surface area contributed by atoms with Crippen LogP contribution in [0.15, 0.2) is 0 Å². The summed E-state index contributed by atoms with van der Waals surface area (Å²) in [5.41, 5.74) is 0. The fourth-order valence-electron chi connectivity index (χ4n) is 0.125. The Morgan fingerprint density at radius 1 is 1.86 bits per heavy atom. The van der Waals surface area contributed by atoms with Crippen LogP contribution in [0.3, 0.4) is 0 Å². The van der Waals surface area contributed by atoms with Gasteiger partial charge >= 0.3 is 0 Å². The van der Waals surface area contributed by atoms with Crippen molar-refractivity contribution in [3.8, 4) is 0 Å². The van der Waals surface area contributed by atoms with Gasteiger partial charge < -0.3 is 20.0 Å². The summed E-state index contributed by atoms with van der Waals surface area (Å²) in [4.78, 5) is 18.7. The van der Waals surface area contributed by atoms with Gasteiger partial charge in [0, 0.05) is 0 Å². The molecule has 4 heteroatoms. The van der Waals surface area contributed by atoms with E-state index in [0.29, 0.717) is 6.29 Å². The molecule has 0 unspecified atom stereocenters. The van der Waals surface area contributed by atoms with Gasteiger partial charge in [-0.1, -0.05) is 0 Å². The lowest BCUT2D eigenvalue weighted by Crippen LogP contribution is -2.37. The highest BCUT2D eigenvalue weighted by Gasteiger charge is 1.75. The fraction of sp³-hybridized carbons (Fsp3) is 0.333. The summed E-state index contributed by atoms with van der Waals surface area (Å²) in [5, 5.41) is 11.1. The van der Waals surface area contributed by atoms with Crippen LogP contribution >= 0.6 is 0 Å². The van der Waals surface area contributed by atoms with E-state index in [0.717, 1.165) is 0 Å². The minimum Gasteiger partial charge on any atom is -0.530 e. The van der Waals surface area contributed by atoms with E-state index in [1.165, 1.54) is 0 Å². The average Bonchev–Trinajstić information content (AvgIpc) is 1.61. The lowest BCUT2D eigenvalue weighted by Gasteiger charge is -1.97. The van der Waals surface area contributed by atoms with E-state index in [1.54, 1.807) is 5.32 Å². The van der Waals surface area contributed by atoms with Crippen molar-refractivity contribution in [1.82, 2.24) is 5.32 Å². The maximum Gasteiger partial charge on any atom is 0.139 e. The van der Waals surface area contributed by atoms with Crippen molar-refractivity contribution in [2.24, 2.45) is 0 Å². The molecule has 40 valence electrons. The summed E-state index contributed by atoms with van der Waals surface area (Å²) in [5.74, 6) is 0. The molecule has 0 fully saturated rings. The van der Waals surface area contributed by atoms with Crippen molar-refractivity contribution in [2.75, 3.05) is 6.54 Å². The number of amides is 1. The van der Waals surface area contributed by atoms with E-state index in [9.17, 15) is 14.7 Å². The Balaban J connectivity index is 2.97. The highest BCUT2D eigenvalue weighted by molar-refractivity contribution is 5.66. The molecule has 0 bridgehead atoms. The van der Waals surface area contributed by atoms with Crippen LogP contribution in [0.4, 0.5) is 4.79 Å². The molecule has 1 N–H and O–H groups in total. The number of nitrogens with one attached hydrogen (secondary N) is 1. The topological polar surface area (TPSA) is 69.2 Å². The Kier molecular flexibility index (Phi) is 2.67. The summed E-state index contributed by atoms with van der Waals surface area (Å²) in [6, 6.07) is 0. The van der Waals surface area contributed by atoms with E-state index in [2.05, 4.69) is 0 Å². The summed E-state index contributed by atoms with van der Waals surface area (Å²) in [6.07, 6.45) is -0.984. The molecule has 0 aliphatic heterocycles. The monoisotopic (exact) mass is 102 g/mol. The lowest BCUT2D eigenvalue weighted by molar-refractivity contribution is -0.250. The summed E-state index contributed by atoms with van der Waals surface area (Å²) < 4.78 is 0. The van der Waals surface area contributed by atoms with Crippen LogP contribution in [-0.2, 0) is 4.79 Å². The molecule has 0 aromatic heterocycles. The van der Waals surface area contributed by atoms with Gasteiger partial charge in [-0.2, -0.15) is 0 Å². The lowest BCUT2D eigenvalue weighted by atomic mass is 10.7. The third-order valence-electron chi connectivity index (χ3n) is 0.330. The minimum absolute atomic E-state index is 0.192. The number of aldehydes is 1. The zero-order valence-electron chi connectivity index (χ0n) is 3.51. The third kappa shape index (κ3) is 4.94. The fourth-order valence-corrected chi connectivity index (χ4v) is 0.125. The van der Waals surface area contributed by atoms with E-state index >= 15 is 0 Å². The number of hydrogen-bond acceptors (Lipinski definition) is 3. The third-order valence-corrected chi connectivity index (χ3v) is 0.330. The summed E-state index contributed by atoms with van der Waals surface area (Å²) in [7, 11) is 0. The number of carbonyl (C=O) groups is 2. The molecule has 4 nitrogen and oxygen atoms in total. The van der Waals surface area contributed by atoms with Crippen LogP contribution in [-0.4, -0.2) is 18.9 Å². The van der Waals surface area contributed by atoms with Crippen LogP contribution in [0.1, 0.15) is 0 Å². The molecule has 0 aromatic rings. The SMILES string of the molecule is O=CCNC(=O)[O-]. The largest absolute Gasteiger partial charge is 0.530 e. The molecule has 0 aromatic carbocycles. The molecule has 0 saturated carbocycles. The van der Waals surface area contributed by atoms with Gasteiger partial charge in [-0.05, 0) is 0 Å². The number of carboxylic acid groups (broad SMARTS) is 1. The van der Waals surface area contributed by atoms with Crippen LogP contribution < -0.4 is 10.4 Å². The zero-order chi connectivity index (χ0) is 5.70. The van der Waals surface area contributed by atoms with Crippen LogP contribution in [0.25, 0.3) is 0 Å². The maximum atomic E-state index is 9.38. The number of hydrogen-bond donors (Lipinski definition) is 1. The zero-order valence-corrected chi connectivity index (χ0v) is 3.51. The predicted molar refractivity (Wildman–Crippen MR) is 19.5 cm³/mol. The highest BCUT2D eigenvalue weighted by Crippen LogP contribution is 1.47. The first kappa shape index (κ1) is 5.94. The molecule has 7 heavy (non-hydrogen) atoms. The van der Waals surface area contributed by atoms with E-state index in [-0.39, 0.29) is 6.54 Å². The molecular weight excluding hydrogens is 98.0 g/mol. The van der Waals surface area contributed by atoms with Crippen molar-refractivity contribution in [3.05, 3.63) is 0 Å². The molecular formula is C3H4NO3-. The maximum absolute atomic E-state index is 9.38. The quantitative estimate of drug-likeness (QED) is 0.415. The van der Waals surface area contributed by atoms with Crippen LogP contribution in [0.5, 0.6) is 0 Å². The summed E-state index contributed by atoms with van der Waals surface area (Å²) >= 11 is 0. The van der Waals surface area contributed by atoms with Gasteiger partial charge in [-0.25, -0.2) is 0 Å². The molecule has 0 rings (SSSR count). The van der Waals surface area contributed by atoms with Gasteiger partial charge in [0.25, 0.3) is 0 Å². The molecule has 0 saturated heterocycles. The van der Waals surface area contributed by atoms with Gasteiger partial charge in [0.2, 0.25) is 0 Å². The second-order valence-electron chi connectivity index (χ2n) is 0.835. The summed E-state index contributed by atoms with van der Waals surface area (Å²) in [6.45, 7) is -0.192. The predicted octanol–water partition coefficient (Wildman–Crippen LogP) is -1.88. The van der Waals surface area contributed by atoms with Crippen molar-refractivity contribution in [3.63, 3.8) is 0 Å². The Morgan fingerprint density at radius 2 is 2.43 bits per heavy atom. The number of carbonyl (C=O) groups excluding carboxylic acids is 2. The second kappa shape index (κ2) is 3.14. The molecule has 0 spiro atoms. The average molecular weight is 102 g/mol. The molecule has 0 aliphatic carbocycles. The molecule has 0 radical (unpaired) electrons. The van der Waals surface area contributed by atoms with Gasteiger partial charge in [0.15, 0.2) is 0 Å². The van der Waals surface area contributed by atoms with Crippen molar-refractivity contribution in [2.45, 2.75) is 0 Å². The first-order chi connectivity index (χ1) is 3.27. The van der Waals surface area contributed by atoms with Crippen LogP contribution in [0.2, 0.25) is 0 Å². The molecule has 1 amide bonds. The smallest absolute Gasteiger partial charge is 0.139 e. The minimum atomic E-state index is -1.42. The Labute approximate surface area is 40.1 Å². The Hall–Kier alpha value is -1.06. The van der Waals surface area contributed by atoms with Gasteiger partial charge in [-0.15, -0.1) is 0 Å². The van der Waals surface area contributed by atoms with Crippen molar-refractivity contribution < 1.29 is 14.7 Å². The van der Waals surface area contributed by atoms with Gasteiger partial charge in [0.05, 0.1) is 6.54 Å². The van der Waals surface area contributed by atoms with E-state index in [1.807, 2.05) is 0 Å². The first-order valence-corrected chi connectivity index (χ1v) is 1.66. The Morgan fingerprint density at radius 3 is 2.57 bits per heavy atom. The highest BCUT2D eigenvalue weighted by atomic mass is 16.4. The van der Waals surface area contributed by atoms with E-state index < -0.39 is 6.09 Å². The van der Waals surface area contributed by atoms with Crippen LogP contribution in [0, 0.1) is 0 Å².